The Morgan fingerprint density at radius 3 is 3.22 bits per heavy atom. The summed E-state index contributed by atoms with van der Waals surface area (Å²) in [6, 6.07) is 2.11. The fourth-order valence-corrected chi connectivity index (χ4v) is 2.94. The van der Waals surface area contributed by atoms with Crippen LogP contribution in [0.3, 0.4) is 0 Å². The lowest BCUT2D eigenvalue weighted by molar-refractivity contribution is 0.0252. The number of aromatic nitrogens is 2. The summed E-state index contributed by atoms with van der Waals surface area (Å²) in [7, 11) is 0. The van der Waals surface area contributed by atoms with Crippen LogP contribution in [0.5, 0.6) is 0 Å². The number of nitrogens with one attached hydrogen (secondary N) is 1. The van der Waals surface area contributed by atoms with E-state index in [2.05, 4.69) is 15.1 Å². The fraction of sp³-hybridized carbons (Fsp3) is 0.583. The summed E-state index contributed by atoms with van der Waals surface area (Å²) in [6.07, 6.45) is 5.27. The molecule has 2 heterocycles. The van der Waals surface area contributed by atoms with E-state index in [0.717, 1.165) is 25.2 Å². The zero-order valence-electron chi connectivity index (χ0n) is 10.2. The molecule has 1 aromatic rings. The minimum atomic E-state index is 0.0425. The van der Waals surface area contributed by atoms with Gasteiger partial charge in [-0.15, -0.1) is 5.10 Å². The predicted molar refractivity (Wildman–Crippen MR) is 67.8 cm³/mol. The summed E-state index contributed by atoms with van der Waals surface area (Å²) in [5.74, 6) is 0.770. The van der Waals surface area contributed by atoms with Gasteiger partial charge in [-0.2, -0.15) is 5.10 Å². The molecule has 1 aliphatic heterocycles. The molecule has 1 saturated carbocycles. The second-order valence-electron chi connectivity index (χ2n) is 4.78. The SMILES string of the molecule is N=C(N)c1ccnnc1N1CCOC2CCCC21. The Hall–Kier alpha value is -1.69. The van der Waals surface area contributed by atoms with Crippen molar-refractivity contribution in [1.29, 1.82) is 5.41 Å². The molecule has 1 aromatic heterocycles. The van der Waals surface area contributed by atoms with E-state index >= 15 is 0 Å². The molecule has 2 unspecified atom stereocenters. The molecule has 2 fully saturated rings. The molecule has 1 saturated heterocycles. The van der Waals surface area contributed by atoms with E-state index in [0.29, 0.717) is 24.3 Å². The van der Waals surface area contributed by atoms with Crippen LogP contribution in [0.25, 0.3) is 0 Å². The van der Waals surface area contributed by atoms with Crippen LogP contribution in [0.1, 0.15) is 24.8 Å². The van der Waals surface area contributed by atoms with Gasteiger partial charge in [0.15, 0.2) is 5.82 Å². The molecule has 2 atom stereocenters. The Bertz CT molecular complexity index is 464. The maximum absolute atomic E-state index is 7.64. The molecule has 3 N–H and O–H groups in total. The van der Waals surface area contributed by atoms with Crippen molar-refractivity contribution >= 4 is 11.7 Å². The van der Waals surface area contributed by atoms with E-state index in [1.165, 1.54) is 6.42 Å². The summed E-state index contributed by atoms with van der Waals surface area (Å²) >= 11 is 0. The molecule has 2 aliphatic rings. The predicted octanol–water partition coefficient (Wildman–Crippen LogP) is 0.518. The first-order chi connectivity index (χ1) is 8.77. The van der Waals surface area contributed by atoms with Crippen molar-refractivity contribution in [3.63, 3.8) is 0 Å². The highest BCUT2D eigenvalue weighted by Crippen LogP contribution is 2.33. The van der Waals surface area contributed by atoms with Crippen LogP contribution in [0, 0.1) is 5.41 Å². The van der Waals surface area contributed by atoms with E-state index in [1.54, 1.807) is 12.3 Å². The molecule has 0 bridgehead atoms. The van der Waals surface area contributed by atoms with Gasteiger partial charge < -0.3 is 15.4 Å². The van der Waals surface area contributed by atoms with Crippen molar-refractivity contribution in [2.75, 3.05) is 18.1 Å². The van der Waals surface area contributed by atoms with Gasteiger partial charge in [-0.05, 0) is 25.3 Å². The molecule has 18 heavy (non-hydrogen) atoms. The molecule has 6 nitrogen and oxygen atoms in total. The molecule has 1 aliphatic carbocycles. The van der Waals surface area contributed by atoms with Crippen molar-refractivity contribution in [1.82, 2.24) is 10.2 Å². The number of hydrogen-bond acceptors (Lipinski definition) is 5. The third-order valence-corrected chi connectivity index (χ3v) is 3.75. The van der Waals surface area contributed by atoms with Crippen LogP contribution in [0.15, 0.2) is 12.3 Å². The molecule has 6 heteroatoms. The van der Waals surface area contributed by atoms with Crippen LogP contribution >= 0.6 is 0 Å². The van der Waals surface area contributed by atoms with Crippen LogP contribution in [-0.4, -0.2) is 41.3 Å². The molecule has 0 aromatic carbocycles. The van der Waals surface area contributed by atoms with Crippen molar-refractivity contribution < 1.29 is 4.74 Å². The molecular formula is C12H17N5O. The van der Waals surface area contributed by atoms with Crippen LogP contribution in [-0.2, 0) is 4.74 Å². The van der Waals surface area contributed by atoms with Gasteiger partial charge in [0.25, 0.3) is 0 Å². The average Bonchev–Trinajstić information content (AvgIpc) is 2.86. The minimum Gasteiger partial charge on any atom is -0.384 e. The van der Waals surface area contributed by atoms with Crippen LogP contribution in [0.4, 0.5) is 5.82 Å². The van der Waals surface area contributed by atoms with Crippen LogP contribution < -0.4 is 10.6 Å². The number of morpholine rings is 1. The molecule has 0 spiro atoms. The van der Waals surface area contributed by atoms with Gasteiger partial charge in [-0.3, -0.25) is 5.41 Å². The Labute approximate surface area is 106 Å². The number of nitrogens with two attached hydrogens (primary N) is 1. The van der Waals surface area contributed by atoms with Gasteiger partial charge in [0, 0.05) is 6.54 Å². The standard InChI is InChI=1S/C12H17N5O/c13-11(14)8-4-5-15-16-12(8)17-6-7-18-10-3-1-2-9(10)17/h4-5,9-10H,1-3,6-7H2,(H3,13,14). The summed E-state index contributed by atoms with van der Waals surface area (Å²) in [6.45, 7) is 1.50. The van der Waals surface area contributed by atoms with E-state index in [1.807, 2.05) is 0 Å². The lowest BCUT2D eigenvalue weighted by Gasteiger charge is -2.38. The lowest BCUT2D eigenvalue weighted by Crippen LogP contribution is -2.49. The zero-order valence-corrected chi connectivity index (χ0v) is 10.2. The van der Waals surface area contributed by atoms with Crippen molar-refractivity contribution in [2.24, 2.45) is 5.73 Å². The molecule has 0 radical (unpaired) electrons. The fourth-order valence-electron chi connectivity index (χ4n) is 2.94. The highest BCUT2D eigenvalue weighted by atomic mass is 16.5. The van der Waals surface area contributed by atoms with Gasteiger partial charge in [-0.25, -0.2) is 0 Å². The maximum Gasteiger partial charge on any atom is 0.162 e. The van der Waals surface area contributed by atoms with Gasteiger partial charge in [-0.1, -0.05) is 0 Å². The van der Waals surface area contributed by atoms with Crippen molar-refractivity contribution in [2.45, 2.75) is 31.4 Å². The van der Waals surface area contributed by atoms with Crippen molar-refractivity contribution in [3.05, 3.63) is 17.8 Å². The third kappa shape index (κ3) is 1.82. The summed E-state index contributed by atoms with van der Waals surface area (Å²) < 4.78 is 5.78. The average molecular weight is 247 g/mol. The first-order valence-corrected chi connectivity index (χ1v) is 6.31. The highest BCUT2D eigenvalue weighted by Gasteiger charge is 2.37. The van der Waals surface area contributed by atoms with E-state index in [-0.39, 0.29) is 5.84 Å². The van der Waals surface area contributed by atoms with E-state index < -0.39 is 0 Å². The number of anilines is 1. The number of nitrogen functional groups attached to an aromatic ring is 1. The monoisotopic (exact) mass is 247 g/mol. The highest BCUT2D eigenvalue weighted by molar-refractivity contribution is 5.99. The summed E-state index contributed by atoms with van der Waals surface area (Å²) in [5.41, 5.74) is 6.28. The van der Waals surface area contributed by atoms with Crippen LogP contribution in [0.2, 0.25) is 0 Å². The normalized spacial score (nSPS) is 27.0. The Balaban J connectivity index is 1.96. The quantitative estimate of drug-likeness (QED) is 0.587. The molecule has 96 valence electrons. The molecule has 3 rings (SSSR count). The van der Waals surface area contributed by atoms with Gasteiger partial charge >= 0.3 is 0 Å². The van der Waals surface area contributed by atoms with Crippen molar-refractivity contribution in [3.8, 4) is 0 Å². The number of hydrogen-bond donors (Lipinski definition) is 2. The number of fused-ring (bicyclic) bond motifs is 1. The summed E-state index contributed by atoms with van der Waals surface area (Å²) in [4.78, 5) is 2.21. The number of nitrogens with zero attached hydrogens (tertiary/aromatic N) is 3. The third-order valence-electron chi connectivity index (χ3n) is 3.75. The van der Waals surface area contributed by atoms with Gasteiger partial charge in [0.2, 0.25) is 0 Å². The van der Waals surface area contributed by atoms with Gasteiger partial charge in [0.05, 0.1) is 30.5 Å². The largest absolute Gasteiger partial charge is 0.384 e. The lowest BCUT2D eigenvalue weighted by atomic mass is 10.1. The van der Waals surface area contributed by atoms with Gasteiger partial charge in [0.1, 0.15) is 5.84 Å². The summed E-state index contributed by atoms with van der Waals surface area (Å²) in [5, 5.41) is 15.8. The topological polar surface area (TPSA) is 88.1 Å². The first kappa shape index (κ1) is 11.4. The minimum absolute atomic E-state index is 0.0425. The second kappa shape index (κ2) is 4.53. The Morgan fingerprint density at radius 2 is 2.39 bits per heavy atom. The Kier molecular flexibility index (Phi) is 2.87. The first-order valence-electron chi connectivity index (χ1n) is 6.31. The molecular weight excluding hydrogens is 230 g/mol. The smallest absolute Gasteiger partial charge is 0.162 e. The zero-order chi connectivity index (χ0) is 12.5. The van der Waals surface area contributed by atoms with E-state index in [4.69, 9.17) is 15.9 Å². The number of amidine groups is 1. The maximum atomic E-state index is 7.64. The number of rotatable bonds is 2. The Morgan fingerprint density at radius 1 is 1.50 bits per heavy atom. The van der Waals surface area contributed by atoms with E-state index in [9.17, 15) is 0 Å². The second-order valence-corrected chi connectivity index (χ2v) is 4.78. The molecule has 0 amide bonds. The number of ether oxygens (including phenoxy) is 1.